The summed E-state index contributed by atoms with van der Waals surface area (Å²) in [6, 6.07) is 3.41. The predicted molar refractivity (Wildman–Crippen MR) is 76.8 cm³/mol. The van der Waals surface area contributed by atoms with Crippen molar-refractivity contribution in [1.82, 2.24) is 19.1 Å². The van der Waals surface area contributed by atoms with Crippen LogP contribution < -0.4 is 11.2 Å². The Hall–Kier alpha value is -2.83. The molecule has 0 saturated carbocycles. The summed E-state index contributed by atoms with van der Waals surface area (Å²) in [5, 5.41) is 0. The van der Waals surface area contributed by atoms with E-state index in [9.17, 15) is 14.4 Å². The van der Waals surface area contributed by atoms with Gasteiger partial charge in [-0.15, -0.1) is 0 Å². The van der Waals surface area contributed by atoms with E-state index in [1.54, 1.807) is 30.7 Å². The quantitative estimate of drug-likeness (QED) is 0.472. The second-order valence-corrected chi connectivity index (χ2v) is 4.92. The molecule has 0 unspecified atom stereocenters. The molecule has 0 bridgehead atoms. The standard InChI is InChI=1S/C14H12N4O3/c1-7-4-9-10(5-8(7)6-19)17(2)12-11(15-9)13(20)18(3)14(21)16-12/h4-6H,1-3H3. The molecular formula is C14H12N4O3. The minimum Gasteiger partial charge on any atom is -0.325 e. The van der Waals surface area contributed by atoms with Gasteiger partial charge in [0.25, 0.3) is 5.56 Å². The first kappa shape index (κ1) is 13.2. The van der Waals surface area contributed by atoms with E-state index < -0.39 is 11.2 Å². The van der Waals surface area contributed by atoms with Crippen LogP contribution in [0.5, 0.6) is 0 Å². The van der Waals surface area contributed by atoms with Crippen molar-refractivity contribution in [1.29, 1.82) is 0 Å². The highest BCUT2D eigenvalue weighted by molar-refractivity contribution is 5.88. The summed E-state index contributed by atoms with van der Waals surface area (Å²) in [4.78, 5) is 43.1. The topological polar surface area (TPSA) is 86.8 Å². The molecule has 0 saturated heterocycles. The molecule has 2 aliphatic rings. The van der Waals surface area contributed by atoms with Crippen molar-refractivity contribution < 1.29 is 4.79 Å². The summed E-state index contributed by atoms with van der Waals surface area (Å²) in [5.74, 6) is 0.205. The molecule has 1 aromatic carbocycles. The summed E-state index contributed by atoms with van der Waals surface area (Å²) in [5.41, 5.74) is 1.53. The molecule has 0 aliphatic carbocycles. The summed E-state index contributed by atoms with van der Waals surface area (Å²) in [6.07, 6.45) is 0.759. The molecule has 0 fully saturated rings. The van der Waals surface area contributed by atoms with Crippen LogP contribution in [-0.4, -0.2) is 25.4 Å². The normalized spacial score (nSPS) is 11.2. The molecule has 21 heavy (non-hydrogen) atoms. The Morgan fingerprint density at radius 1 is 1.10 bits per heavy atom. The van der Waals surface area contributed by atoms with Crippen LogP contribution in [0.15, 0.2) is 21.7 Å². The molecule has 2 heterocycles. The van der Waals surface area contributed by atoms with Crippen LogP contribution in [0.25, 0.3) is 22.6 Å². The van der Waals surface area contributed by atoms with Crippen LogP contribution in [-0.2, 0) is 14.1 Å². The first-order valence-corrected chi connectivity index (χ1v) is 6.27. The molecular weight excluding hydrogens is 272 g/mol. The van der Waals surface area contributed by atoms with E-state index in [2.05, 4.69) is 9.97 Å². The fourth-order valence-electron chi connectivity index (χ4n) is 2.31. The number of carbonyl (C=O) groups excluding carboxylic acids is 1. The Morgan fingerprint density at radius 3 is 2.48 bits per heavy atom. The Morgan fingerprint density at radius 2 is 1.81 bits per heavy atom. The maximum absolute atomic E-state index is 12.1. The van der Waals surface area contributed by atoms with Crippen molar-refractivity contribution >= 4 is 17.3 Å². The van der Waals surface area contributed by atoms with Crippen molar-refractivity contribution in [3.05, 3.63) is 44.1 Å². The van der Waals surface area contributed by atoms with E-state index >= 15 is 0 Å². The second kappa shape index (κ2) is 4.34. The minimum absolute atomic E-state index is 0.130. The minimum atomic E-state index is -0.632. The number of hydrogen-bond donors (Lipinski definition) is 0. The molecule has 2 aliphatic heterocycles. The first-order valence-electron chi connectivity index (χ1n) is 6.27. The lowest BCUT2D eigenvalue weighted by molar-refractivity contribution is 0.112. The van der Waals surface area contributed by atoms with Crippen molar-refractivity contribution in [2.24, 2.45) is 14.1 Å². The molecule has 0 N–H and O–H groups in total. The molecule has 3 rings (SSSR count). The molecule has 106 valence electrons. The largest absolute Gasteiger partial charge is 0.352 e. The molecule has 7 heteroatoms. The van der Waals surface area contributed by atoms with Gasteiger partial charge in [0.2, 0.25) is 0 Å². The zero-order chi connectivity index (χ0) is 15.3. The Labute approximate surface area is 118 Å². The fourth-order valence-corrected chi connectivity index (χ4v) is 2.31. The van der Waals surface area contributed by atoms with E-state index in [0.29, 0.717) is 16.6 Å². The third kappa shape index (κ3) is 1.78. The third-order valence-electron chi connectivity index (χ3n) is 3.61. The van der Waals surface area contributed by atoms with Crippen LogP contribution in [0.3, 0.4) is 0 Å². The van der Waals surface area contributed by atoms with Gasteiger partial charge in [0, 0.05) is 19.7 Å². The van der Waals surface area contributed by atoms with Gasteiger partial charge in [-0.1, -0.05) is 0 Å². The van der Waals surface area contributed by atoms with Gasteiger partial charge in [0.1, 0.15) is 6.29 Å². The maximum atomic E-state index is 12.1. The molecule has 0 aromatic heterocycles. The summed E-state index contributed by atoms with van der Waals surface area (Å²) >= 11 is 0. The average Bonchev–Trinajstić information content (AvgIpc) is 2.46. The van der Waals surface area contributed by atoms with Gasteiger partial charge < -0.3 is 4.57 Å². The van der Waals surface area contributed by atoms with Crippen LogP contribution >= 0.6 is 0 Å². The SMILES string of the molecule is Cc1cc2nc3c(=O)n(C)c(=O)nc-3n(C)c2cc1C=O. The van der Waals surface area contributed by atoms with Crippen LogP contribution in [0, 0.1) is 6.92 Å². The van der Waals surface area contributed by atoms with Crippen molar-refractivity contribution in [3.8, 4) is 11.5 Å². The van der Waals surface area contributed by atoms with E-state index in [0.717, 1.165) is 16.4 Å². The van der Waals surface area contributed by atoms with Gasteiger partial charge in [-0.2, -0.15) is 4.98 Å². The number of fused-ring (bicyclic) bond motifs is 2. The summed E-state index contributed by atoms with van der Waals surface area (Å²) < 4.78 is 2.53. The average molecular weight is 284 g/mol. The number of rotatable bonds is 1. The van der Waals surface area contributed by atoms with Crippen molar-refractivity contribution in [2.45, 2.75) is 6.92 Å². The number of hydrogen-bond acceptors (Lipinski definition) is 5. The monoisotopic (exact) mass is 284 g/mol. The fraction of sp³-hybridized carbons (Fsp3) is 0.214. The van der Waals surface area contributed by atoms with Crippen molar-refractivity contribution in [3.63, 3.8) is 0 Å². The van der Waals surface area contributed by atoms with Crippen LogP contribution in [0.1, 0.15) is 15.9 Å². The highest BCUT2D eigenvalue weighted by Crippen LogP contribution is 2.22. The van der Waals surface area contributed by atoms with Gasteiger partial charge >= 0.3 is 5.69 Å². The molecule has 0 spiro atoms. The van der Waals surface area contributed by atoms with Gasteiger partial charge in [0.15, 0.2) is 11.5 Å². The lowest BCUT2D eigenvalue weighted by Gasteiger charge is -2.14. The number of aryl methyl sites for hydroxylation is 2. The summed E-state index contributed by atoms with van der Waals surface area (Å²) in [6.45, 7) is 1.80. The van der Waals surface area contributed by atoms with E-state index in [-0.39, 0.29) is 11.5 Å². The number of aldehydes is 1. The molecule has 7 nitrogen and oxygen atoms in total. The number of nitrogens with zero attached hydrogens (tertiary/aromatic N) is 4. The molecule has 0 atom stereocenters. The smallest absolute Gasteiger partial charge is 0.325 e. The zero-order valence-electron chi connectivity index (χ0n) is 11.7. The number of carbonyl (C=O) groups is 1. The van der Waals surface area contributed by atoms with Gasteiger partial charge in [0.05, 0.1) is 11.0 Å². The second-order valence-electron chi connectivity index (χ2n) is 4.92. The molecule has 0 amide bonds. The molecule has 1 aromatic rings. The Kier molecular flexibility index (Phi) is 2.72. The number of aromatic nitrogens is 4. The zero-order valence-corrected chi connectivity index (χ0v) is 11.7. The first-order chi connectivity index (χ1) is 9.93. The lowest BCUT2D eigenvalue weighted by Crippen LogP contribution is -2.36. The third-order valence-corrected chi connectivity index (χ3v) is 3.61. The highest BCUT2D eigenvalue weighted by atomic mass is 16.2. The van der Waals surface area contributed by atoms with Crippen molar-refractivity contribution in [2.75, 3.05) is 0 Å². The maximum Gasteiger partial charge on any atom is 0.352 e. The van der Waals surface area contributed by atoms with E-state index in [1.165, 1.54) is 7.05 Å². The lowest BCUT2D eigenvalue weighted by atomic mass is 10.1. The number of benzene rings is 1. The predicted octanol–water partition coefficient (Wildman–Crippen LogP) is 0.253. The van der Waals surface area contributed by atoms with E-state index in [4.69, 9.17) is 0 Å². The van der Waals surface area contributed by atoms with Crippen LogP contribution in [0.4, 0.5) is 0 Å². The van der Waals surface area contributed by atoms with Gasteiger partial charge in [-0.3, -0.25) is 14.2 Å². The Bertz CT molecular complexity index is 984. The highest BCUT2D eigenvalue weighted by Gasteiger charge is 2.19. The molecule has 0 radical (unpaired) electrons. The Balaban J connectivity index is 2.59. The van der Waals surface area contributed by atoms with Gasteiger partial charge in [-0.05, 0) is 24.6 Å². The van der Waals surface area contributed by atoms with Gasteiger partial charge in [-0.25, -0.2) is 9.78 Å². The van der Waals surface area contributed by atoms with Crippen LogP contribution in [0.2, 0.25) is 0 Å². The van der Waals surface area contributed by atoms with E-state index in [1.807, 2.05) is 0 Å². The summed E-state index contributed by atoms with van der Waals surface area (Å²) in [7, 11) is 3.05.